The van der Waals surface area contributed by atoms with Gasteiger partial charge in [-0.3, -0.25) is 0 Å². The summed E-state index contributed by atoms with van der Waals surface area (Å²) in [5.41, 5.74) is 0.295. The first-order valence-electron chi connectivity index (χ1n) is 11.7. The number of allylic oxidation sites excluding steroid dienone is 1. The third-order valence-electron chi connectivity index (χ3n) is 5.48. The molecule has 0 aliphatic carbocycles. The molecule has 0 amide bonds. The maximum atomic E-state index is 12.5. The van der Waals surface area contributed by atoms with Crippen LogP contribution in [0.1, 0.15) is 74.1 Å². The first kappa shape index (κ1) is 32.0. The molecule has 33 heavy (non-hydrogen) atoms. The maximum absolute atomic E-state index is 12.5. The Labute approximate surface area is 202 Å². The number of esters is 1. The molecule has 0 aliphatic rings. The van der Waals surface area contributed by atoms with Crippen molar-refractivity contribution in [1.29, 1.82) is 0 Å². The minimum Gasteiger partial charge on any atom is -0.459 e. The van der Waals surface area contributed by atoms with Crippen molar-refractivity contribution >= 4 is 14.8 Å². The molecular weight excluding hydrogens is 442 g/mol. The Kier molecular flexibility index (Phi) is 14.0. The van der Waals surface area contributed by atoms with Crippen LogP contribution in [0.5, 0.6) is 0 Å². The van der Waals surface area contributed by atoms with Crippen molar-refractivity contribution < 1.29 is 33.0 Å². The van der Waals surface area contributed by atoms with E-state index in [-0.39, 0.29) is 23.7 Å². The van der Waals surface area contributed by atoms with Crippen LogP contribution in [-0.4, -0.2) is 71.2 Å². The van der Waals surface area contributed by atoms with Crippen LogP contribution in [0.2, 0.25) is 6.04 Å². The SMILES string of the molecule is CO[Si](CCCN/C(C)=C\C(=O)OC(CC(O)CC(O)C(C)(C)C)CC(C)(C)C)(OC)OC. The molecule has 3 unspecified atom stereocenters. The zero-order valence-corrected chi connectivity index (χ0v) is 23.5. The highest BCUT2D eigenvalue weighted by atomic mass is 28.4. The Hall–Kier alpha value is -0.973. The molecule has 0 fully saturated rings. The van der Waals surface area contributed by atoms with Crippen molar-refractivity contribution in [2.45, 2.75) is 98.5 Å². The van der Waals surface area contributed by atoms with Gasteiger partial charge in [0, 0.05) is 52.1 Å². The molecule has 0 bridgehead atoms. The zero-order chi connectivity index (χ0) is 25.9. The summed E-state index contributed by atoms with van der Waals surface area (Å²) in [7, 11) is 2.16. The summed E-state index contributed by atoms with van der Waals surface area (Å²) in [4.78, 5) is 12.5. The maximum Gasteiger partial charge on any atom is 0.500 e. The molecule has 3 atom stereocenters. The third kappa shape index (κ3) is 14.1. The summed E-state index contributed by atoms with van der Waals surface area (Å²) in [6.07, 6.45) is 1.49. The van der Waals surface area contributed by atoms with Crippen molar-refractivity contribution in [1.82, 2.24) is 5.32 Å². The highest BCUT2D eigenvalue weighted by Crippen LogP contribution is 2.28. The summed E-state index contributed by atoms with van der Waals surface area (Å²) in [6, 6.07) is 0.660. The van der Waals surface area contributed by atoms with Crippen molar-refractivity contribution in [2.75, 3.05) is 27.9 Å². The average Bonchev–Trinajstić information content (AvgIpc) is 2.66. The van der Waals surface area contributed by atoms with Crippen LogP contribution in [0.3, 0.4) is 0 Å². The number of carbonyl (C=O) groups excluding carboxylic acids is 1. The van der Waals surface area contributed by atoms with E-state index in [2.05, 4.69) is 26.1 Å². The normalized spacial score (nSPS) is 16.3. The van der Waals surface area contributed by atoms with E-state index in [0.29, 0.717) is 24.7 Å². The number of ether oxygens (including phenoxy) is 1. The van der Waals surface area contributed by atoms with Gasteiger partial charge < -0.3 is 33.5 Å². The molecule has 0 aromatic rings. The van der Waals surface area contributed by atoms with E-state index in [4.69, 9.17) is 18.0 Å². The van der Waals surface area contributed by atoms with E-state index in [1.165, 1.54) is 6.08 Å². The standard InChI is InChI=1S/C24H49NO7Si/c1-18(25-12-11-13-33(29-8,30-9)31-10)14-22(28)32-20(17-23(2,3)4)15-19(26)16-21(27)24(5,6)7/h14,19-21,25-27H,11-13,15-17H2,1-10H3/b18-14-. The summed E-state index contributed by atoms with van der Waals surface area (Å²) < 4.78 is 21.9. The minimum absolute atomic E-state index is 0.0786. The molecule has 3 N–H and O–H groups in total. The molecule has 0 rings (SSSR count). The lowest BCUT2D eigenvalue weighted by molar-refractivity contribution is -0.146. The Morgan fingerprint density at radius 2 is 1.55 bits per heavy atom. The molecular formula is C24H49NO7Si. The highest BCUT2D eigenvalue weighted by Gasteiger charge is 2.36. The summed E-state index contributed by atoms with van der Waals surface area (Å²) in [5.74, 6) is -0.452. The van der Waals surface area contributed by atoms with Gasteiger partial charge in [-0.25, -0.2) is 4.79 Å². The summed E-state index contributed by atoms with van der Waals surface area (Å²) in [6.45, 7) is 14.4. The molecule has 0 saturated heterocycles. The number of carbonyl (C=O) groups is 1. The van der Waals surface area contributed by atoms with Crippen molar-refractivity contribution in [3.05, 3.63) is 11.8 Å². The van der Waals surface area contributed by atoms with Gasteiger partial charge in [0.2, 0.25) is 0 Å². The lowest BCUT2D eigenvalue weighted by Gasteiger charge is -2.30. The van der Waals surface area contributed by atoms with Gasteiger partial charge >= 0.3 is 14.8 Å². The van der Waals surface area contributed by atoms with Gasteiger partial charge in [-0.2, -0.15) is 0 Å². The fourth-order valence-corrected chi connectivity index (χ4v) is 5.16. The van der Waals surface area contributed by atoms with Crippen LogP contribution in [0.15, 0.2) is 11.8 Å². The monoisotopic (exact) mass is 491 g/mol. The van der Waals surface area contributed by atoms with Crippen molar-refractivity contribution in [3.63, 3.8) is 0 Å². The number of nitrogens with one attached hydrogen (secondary N) is 1. The average molecular weight is 492 g/mol. The quantitative estimate of drug-likeness (QED) is 0.138. The van der Waals surface area contributed by atoms with E-state index in [1.807, 2.05) is 27.7 Å². The number of rotatable bonds is 15. The number of aliphatic hydroxyl groups is 2. The molecule has 9 heteroatoms. The lowest BCUT2D eigenvalue weighted by Crippen LogP contribution is -2.43. The molecule has 196 valence electrons. The van der Waals surface area contributed by atoms with Crippen LogP contribution in [-0.2, 0) is 22.8 Å². The van der Waals surface area contributed by atoms with E-state index >= 15 is 0 Å². The Morgan fingerprint density at radius 1 is 1.00 bits per heavy atom. The van der Waals surface area contributed by atoms with Gasteiger partial charge in [0.1, 0.15) is 6.10 Å². The molecule has 0 aromatic carbocycles. The lowest BCUT2D eigenvalue weighted by atomic mass is 9.83. The zero-order valence-electron chi connectivity index (χ0n) is 22.5. The van der Waals surface area contributed by atoms with Gasteiger partial charge in [-0.05, 0) is 37.0 Å². The van der Waals surface area contributed by atoms with Crippen molar-refractivity contribution in [2.24, 2.45) is 10.8 Å². The second kappa shape index (κ2) is 14.4. The number of aliphatic hydroxyl groups excluding tert-OH is 2. The number of hydrogen-bond acceptors (Lipinski definition) is 8. The second-order valence-electron chi connectivity index (χ2n) is 11.0. The predicted molar refractivity (Wildman–Crippen MR) is 133 cm³/mol. The third-order valence-corrected chi connectivity index (χ3v) is 8.32. The molecule has 0 heterocycles. The van der Waals surface area contributed by atoms with E-state index < -0.39 is 33.1 Å². The Morgan fingerprint density at radius 3 is 2.00 bits per heavy atom. The Balaban J connectivity index is 4.86. The predicted octanol–water partition coefficient (Wildman–Crippen LogP) is 3.64. The van der Waals surface area contributed by atoms with E-state index in [1.54, 1.807) is 21.3 Å². The first-order valence-corrected chi connectivity index (χ1v) is 13.6. The number of hydrogen-bond donors (Lipinski definition) is 3. The van der Waals surface area contributed by atoms with E-state index in [9.17, 15) is 15.0 Å². The first-order chi connectivity index (χ1) is 15.1. The van der Waals surface area contributed by atoms with Crippen LogP contribution < -0.4 is 5.32 Å². The molecule has 0 saturated carbocycles. The smallest absolute Gasteiger partial charge is 0.459 e. The highest BCUT2D eigenvalue weighted by molar-refractivity contribution is 6.60. The van der Waals surface area contributed by atoms with Gasteiger partial charge in [-0.15, -0.1) is 0 Å². The molecule has 8 nitrogen and oxygen atoms in total. The Bertz CT molecular complexity index is 586. The molecule has 0 aliphatic heterocycles. The molecule has 0 radical (unpaired) electrons. The second-order valence-corrected chi connectivity index (χ2v) is 14.1. The molecule has 0 aromatic heterocycles. The van der Waals surface area contributed by atoms with Gasteiger partial charge in [-0.1, -0.05) is 41.5 Å². The fraction of sp³-hybridized carbons (Fsp3) is 0.875. The van der Waals surface area contributed by atoms with Crippen LogP contribution >= 0.6 is 0 Å². The fourth-order valence-electron chi connectivity index (χ4n) is 3.44. The van der Waals surface area contributed by atoms with Gasteiger partial charge in [0.15, 0.2) is 0 Å². The molecule has 0 spiro atoms. The summed E-state index contributed by atoms with van der Waals surface area (Å²) >= 11 is 0. The largest absolute Gasteiger partial charge is 0.500 e. The van der Waals surface area contributed by atoms with Crippen molar-refractivity contribution in [3.8, 4) is 0 Å². The van der Waals surface area contributed by atoms with E-state index in [0.717, 1.165) is 6.42 Å². The van der Waals surface area contributed by atoms with Gasteiger partial charge in [0.25, 0.3) is 0 Å². The van der Waals surface area contributed by atoms with Crippen LogP contribution in [0.25, 0.3) is 0 Å². The summed E-state index contributed by atoms with van der Waals surface area (Å²) in [5, 5.41) is 24.0. The van der Waals surface area contributed by atoms with Gasteiger partial charge in [0.05, 0.1) is 12.2 Å². The minimum atomic E-state index is -2.60. The van der Waals surface area contributed by atoms with Crippen LogP contribution in [0, 0.1) is 10.8 Å². The topological polar surface area (TPSA) is 106 Å². The van der Waals surface area contributed by atoms with Crippen LogP contribution in [0.4, 0.5) is 0 Å².